The quantitative estimate of drug-likeness (QED) is 0.632. The van der Waals surface area contributed by atoms with Gasteiger partial charge in [0.05, 0.1) is 5.02 Å². The maximum absolute atomic E-state index is 6.37. The fraction of sp³-hybridized carbons (Fsp3) is 0.474. The number of allylic oxidation sites excluding steroid dienone is 1. The molecule has 0 atom stereocenters. The van der Waals surface area contributed by atoms with E-state index in [0.29, 0.717) is 0 Å². The fourth-order valence-corrected chi connectivity index (χ4v) is 5.50. The molecule has 124 valence electrons. The van der Waals surface area contributed by atoms with Gasteiger partial charge in [-0.25, -0.2) is 0 Å². The van der Waals surface area contributed by atoms with Gasteiger partial charge in [0.15, 0.2) is 0 Å². The molecule has 0 N–H and O–H groups in total. The Labute approximate surface area is 153 Å². The van der Waals surface area contributed by atoms with Gasteiger partial charge in [0.1, 0.15) is 0 Å². The number of likely N-dealkylation sites (N-methyl/N-ethyl adjacent to an activating group) is 1. The highest BCUT2D eigenvalue weighted by Gasteiger charge is 2.35. The summed E-state index contributed by atoms with van der Waals surface area (Å²) in [6.45, 7) is 1.10. The largest absolute Gasteiger partial charge is 0.305 e. The number of rotatable bonds is 3. The van der Waals surface area contributed by atoms with Crippen molar-refractivity contribution in [2.24, 2.45) is 11.8 Å². The smallest absolute Gasteiger partial charge is 0.0591 e. The number of fused-ring (bicyclic) bond motifs is 3. The van der Waals surface area contributed by atoms with Crippen LogP contribution in [0.3, 0.4) is 0 Å². The molecular weight excluding hydrogens is 345 g/mol. The maximum Gasteiger partial charge on any atom is 0.0591 e. The molecule has 1 aromatic heterocycles. The van der Waals surface area contributed by atoms with Crippen molar-refractivity contribution < 1.29 is 0 Å². The Morgan fingerprint density at radius 1 is 1.13 bits per heavy atom. The summed E-state index contributed by atoms with van der Waals surface area (Å²) in [5, 5.41) is 4.18. The number of hydrogen-bond acceptors (Lipinski definition) is 2. The number of halogens is 2. The third-order valence-corrected chi connectivity index (χ3v) is 6.70. The fourth-order valence-electron chi connectivity index (χ4n) is 4.35. The van der Waals surface area contributed by atoms with E-state index in [1.807, 2.05) is 0 Å². The monoisotopic (exact) mass is 367 g/mol. The molecule has 2 bridgehead atoms. The number of hydrogen-bond donors (Lipinski definition) is 0. The normalized spacial score (nSPS) is 23.7. The van der Waals surface area contributed by atoms with Crippen molar-refractivity contribution in [3.05, 3.63) is 39.7 Å². The second-order valence-corrected chi connectivity index (χ2v) is 8.34. The molecule has 2 aromatic rings. The van der Waals surface area contributed by atoms with Gasteiger partial charge in [-0.2, -0.15) is 0 Å². The summed E-state index contributed by atoms with van der Waals surface area (Å²) >= 11 is 8.11. The van der Waals surface area contributed by atoms with Gasteiger partial charge < -0.3 is 4.90 Å². The maximum atomic E-state index is 6.37. The Morgan fingerprint density at radius 3 is 2.52 bits per heavy atom. The van der Waals surface area contributed by atoms with Crippen LogP contribution in [0.15, 0.2) is 29.2 Å². The highest BCUT2D eigenvalue weighted by Crippen LogP contribution is 2.50. The van der Waals surface area contributed by atoms with Crippen molar-refractivity contribution in [2.45, 2.75) is 25.7 Å². The lowest BCUT2D eigenvalue weighted by atomic mass is 9.65. The van der Waals surface area contributed by atoms with Gasteiger partial charge in [-0.1, -0.05) is 17.7 Å². The molecule has 1 fully saturated rings. The van der Waals surface area contributed by atoms with Crippen LogP contribution in [0, 0.1) is 11.8 Å². The molecule has 0 spiro atoms. The minimum atomic E-state index is 0. The zero-order valence-corrected chi connectivity index (χ0v) is 16.0. The lowest BCUT2D eigenvalue weighted by Crippen LogP contribution is -2.31. The first kappa shape index (κ1) is 17.3. The van der Waals surface area contributed by atoms with Crippen molar-refractivity contribution in [3.63, 3.8) is 0 Å². The molecule has 3 aliphatic carbocycles. The van der Waals surface area contributed by atoms with E-state index in [2.05, 4.69) is 42.6 Å². The van der Waals surface area contributed by atoms with Crippen molar-refractivity contribution >= 4 is 51.0 Å². The average Bonchev–Trinajstić information content (AvgIpc) is 2.89. The molecule has 0 saturated heterocycles. The predicted molar refractivity (Wildman–Crippen MR) is 105 cm³/mol. The molecule has 23 heavy (non-hydrogen) atoms. The van der Waals surface area contributed by atoms with E-state index in [1.54, 1.807) is 22.5 Å². The van der Waals surface area contributed by atoms with Crippen molar-refractivity contribution in [2.75, 3.05) is 20.6 Å². The number of thiophene rings is 1. The van der Waals surface area contributed by atoms with Crippen LogP contribution in [-0.2, 0) is 0 Å². The van der Waals surface area contributed by atoms with Crippen molar-refractivity contribution in [1.82, 2.24) is 4.90 Å². The summed E-state index contributed by atoms with van der Waals surface area (Å²) in [4.78, 5) is 2.33. The van der Waals surface area contributed by atoms with Crippen LogP contribution in [0.2, 0.25) is 5.02 Å². The molecule has 5 rings (SSSR count). The Bertz CT molecular complexity index is 739. The van der Waals surface area contributed by atoms with E-state index in [-0.39, 0.29) is 12.4 Å². The molecule has 0 aliphatic heterocycles. The van der Waals surface area contributed by atoms with E-state index in [0.717, 1.165) is 23.4 Å². The summed E-state index contributed by atoms with van der Waals surface area (Å²) in [6.07, 6.45) is 5.51. The topological polar surface area (TPSA) is 3.24 Å². The molecule has 4 heteroatoms. The summed E-state index contributed by atoms with van der Waals surface area (Å²) in [5.41, 5.74) is 4.75. The molecule has 1 saturated carbocycles. The third-order valence-electron chi connectivity index (χ3n) is 5.30. The van der Waals surface area contributed by atoms with Gasteiger partial charge >= 0.3 is 0 Å². The highest BCUT2D eigenvalue weighted by molar-refractivity contribution is 7.17. The van der Waals surface area contributed by atoms with Crippen LogP contribution in [0.4, 0.5) is 0 Å². The SMILES string of the molecule is CN(C)CC1=C(c2ccc3scc(Cl)c3c2)C2CCC1CC2.Cl. The molecule has 0 unspecified atom stereocenters. The van der Waals surface area contributed by atoms with E-state index >= 15 is 0 Å². The molecule has 1 aromatic carbocycles. The molecule has 1 nitrogen and oxygen atoms in total. The lowest BCUT2D eigenvalue weighted by molar-refractivity contribution is 0.299. The van der Waals surface area contributed by atoms with Crippen molar-refractivity contribution in [1.29, 1.82) is 0 Å². The summed E-state index contributed by atoms with van der Waals surface area (Å²) < 4.78 is 1.30. The van der Waals surface area contributed by atoms with Gasteiger partial charge in [0.2, 0.25) is 0 Å². The van der Waals surface area contributed by atoms with Crippen LogP contribution >= 0.6 is 35.3 Å². The van der Waals surface area contributed by atoms with Crippen LogP contribution in [0.5, 0.6) is 0 Å². The van der Waals surface area contributed by atoms with Gasteiger partial charge in [-0.15, -0.1) is 23.7 Å². The van der Waals surface area contributed by atoms with Gasteiger partial charge in [0.25, 0.3) is 0 Å². The Morgan fingerprint density at radius 2 is 1.83 bits per heavy atom. The van der Waals surface area contributed by atoms with E-state index in [9.17, 15) is 0 Å². The van der Waals surface area contributed by atoms with Gasteiger partial charge in [-0.05, 0) is 80.5 Å². The van der Waals surface area contributed by atoms with Crippen LogP contribution in [0.25, 0.3) is 15.7 Å². The van der Waals surface area contributed by atoms with E-state index in [4.69, 9.17) is 11.6 Å². The van der Waals surface area contributed by atoms with Gasteiger partial charge in [-0.3, -0.25) is 0 Å². The minimum Gasteiger partial charge on any atom is -0.305 e. The first-order chi connectivity index (χ1) is 10.6. The first-order valence-electron chi connectivity index (χ1n) is 8.18. The van der Waals surface area contributed by atoms with Crippen LogP contribution in [0.1, 0.15) is 31.2 Å². The number of benzene rings is 1. The van der Waals surface area contributed by atoms with Crippen molar-refractivity contribution in [3.8, 4) is 0 Å². The van der Waals surface area contributed by atoms with Gasteiger partial charge in [0, 0.05) is 22.0 Å². The second-order valence-electron chi connectivity index (χ2n) is 7.02. The van der Waals surface area contributed by atoms with Crippen LogP contribution in [-0.4, -0.2) is 25.5 Å². The average molecular weight is 368 g/mol. The standard InChI is InChI=1S/C19H22ClNS.ClH/c1-21(2)10-16-12-3-5-13(6-4-12)19(16)14-7-8-18-15(9-14)17(20)11-22-18;/h7-9,11-13H,3-6,10H2,1-2H3;1H. The Balaban J connectivity index is 0.00000156. The summed E-state index contributed by atoms with van der Waals surface area (Å²) in [7, 11) is 4.37. The molecule has 1 heterocycles. The lowest BCUT2D eigenvalue weighted by Gasteiger charge is -2.41. The predicted octanol–water partition coefficient (Wildman–Crippen LogP) is 6.11. The summed E-state index contributed by atoms with van der Waals surface area (Å²) in [6, 6.07) is 6.91. The number of nitrogens with zero attached hydrogens (tertiary/aromatic N) is 1. The molecule has 0 radical (unpaired) electrons. The zero-order valence-electron chi connectivity index (χ0n) is 13.6. The first-order valence-corrected chi connectivity index (χ1v) is 9.44. The molecule has 0 amide bonds. The molecular formula is C19H23Cl2NS. The zero-order chi connectivity index (χ0) is 15.3. The Kier molecular flexibility index (Phi) is 5.08. The Hall–Kier alpha value is -0.540. The van der Waals surface area contributed by atoms with E-state index < -0.39 is 0 Å². The van der Waals surface area contributed by atoms with E-state index in [1.165, 1.54) is 41.3 Å². The third kappa shape index (κ3) is 3.07. The minimum absolute atomic E-state index is 0. The summed E-state index contributed by atoms with van der Waals surface area (Å²) in [5.74, 6) is 1.56. The second kappa shape index (κ2) is 6.76. The highest BCUT2D eigenvalue weighted by atomic mass is 35.5. The molecule has 3 aliphatic rings. The van der Waals surface area contributed by atoms with Crippen LogP contribution < -0.4 is 0 Å².